The molecular formula is C21H22FN5O. The number of carbonyl (C=O) groups excluding carboxylic acids is 1. The van der Waals surface area contributed by atoms with E-state index in [9.17, 15) is 9.18 Å². The van der Waals surface area contributed by atoms with Crippen molar-refractivity contribution in [3.8, 4) is 0 Å². The van der Waals surface area contributed by atoms with Crippen LogP contribution in [-0.4, -0.2) is 21.7 Å². The van der Waals surface area contributed by atoms with Crippen LogP contribution in [0.1, 0.15) is 29.2 Å². The van der Waals surface area contributed by atoms with Gasteiger partial charge >= 0.3 is 0 Å². The fourth-order valence-electron chi connectivity index (χ4n) is 3.25. The molecule has 0 saturated carbocycles. The van der Waals surface area contributed by atoms with Gasteiger partial charge in [0.15, 0.2) is 5.82 Å². The van der Waals surface area contributed by atoms with Crippen LogP contribution in [0.3, 0.4) is 0 Å². The summed E-state index contributed by atoms with van der Waals surface area (Å²) in [6.45, 7) is 2.70. The summed E-state index contributed by atoms with van der Waals surface area (Å²) in [5.41, 5.74) is 9.40. The molecule has 4 rings (SSSR count). The molecule has 2 heterocycles. The molecule has 2 aromatic carbocycles. The molecule has 2 unspecified atom stereocenters. The van der Waals surface area contributed by atoms with Gasteiger partial charge in [-0.15, -0.1) is 0 Å². The van der Waals surface area contributed by atoms with Gasteiger partial charge in [0.2, 0.25) is 5.91 Å². The van der Waals surface area contributed by atoms with Crippen molar-refractivity contribution < 1.29 is 9.18 Å². The minimum absolute atomic E-state index is 0.0459. The van der Waals surface area contributed by atoms with Crippen LogP contribution in [0, 0.1) is 12.7 Å². The van der Waals surface area contributed by atoms with Crippen LogP contribution in [-0.2, 0) is 11.3 Å². The molecule has 0 spiro atoms. The van der Waals surface area contributed by atoms with E-state index in [1.165, 1.54) is 17.7 Å². The first-order valence-electron chi connectivity index (χ1n) is 9.23. The molecular weight excluding hydrogens is 357 g/mol. The summed E-state index contributed by atoms with van der Waals surface area (Å²) in [4.78, 5) is 12.5. The van der Waals surface area contributed by atoms with Crippen molar-refractivity contribution in [3.63, 3.8) is 0 Å². The van der Waals surface area contributed by atoms with Gasteiger partial charge in [-0.2, -0.15) is 5.10 Å². The number of hydrogen-bond donors (Lipinski definition) is 3. The largest absolute Gasteiger partial charge is 0.308 e. The number of aromatic nitrogens is 2. The van der Waals surface area contributed by atoms with Crippen molar-refractivity contribution in [2.45, 2.75) is 32.0 Å². The second-order valence-electron chi connectivity index (χ2n) is 7.05. The highest BCUT2D eigenvalue weighted by atomic mass is 19.1. The van der Waals surface area contributed by atoms with Crippen LogP contribution in [0.4, 0.5) is 10.2 Å². The number of amides is 1. The fraction of sp³-hybridized carbons (Fsp3) is 0.238. The van der Waals surface area contributed by atoms with Crippen LogP contribution in [0.25, 0.3) is 0 Å². The topological polar surface area (TPSA) is 71.0 Å². The first kappa shape index (κ1) is 18.3. The minimum Gasteiger partial charge on any atom is -0.308 e. The van der Waals surface area contributed by atoms with Crippen LogP contribution >= 0.6 is 0 Å². The first-order valence-corrected chi connectivity index (χ1v) is 9.23. The van der Waals surface area contributed by atoms with Gasteiger partial charge in [0, 0.05) is 18.3 Å². The maximum atomic E-state index is 13.1. The molecule has 0 radical (unpaired) electrons. The predicted molar refractivity (Wildman–Crippen MR) is 105 cm³/mol. The highest BCUT2D eigenvalue weighted by molar-refractivity contribution is 5.94. The van der Waals surface area contributed by atoms with Crippen molar-refractivity contribution in [3.05, 3.63) is 83.3 Å². The Hall–Kier alpha value is -3.03. The number of nitrogens with one attached hydrogen (secondary N) is 3. The van der Waals surface area contributed by atoms with E-state index in [0.29, 0.717) is 18.8 Å². The number of aryl methyl sites for hydroxylation is 1. The molecule has 1 aliphatic rings. The third-order valence-electron chi connectivity index (χ3n) is 4.85. The van der Waals surface area contributed by atoms with Crippen LogP contribution < -0.4 is 16.2 Å². The standard InChI is InChI=1S/C21H22FN5O/c1-14-2-4-15(5-3-14)13-27-11-10-20(26-27)23-21(28)19-12-18(24-25-19)16-6-8-17(22)9-7-16/h2-11,18-19,24-25H,12-13H2,1H3,(H,23,26,28). The number of benzene rings is 2. The zero-order valence-electron chi connectivity index (χ0n) is 15.5. The Kier molecular flexibility index (Phi) is 5.18. The first-order chi connectivity index (χ1) is 13.6. The molecule has 144 valence electrons. The number of hydrazine groups is 1. The van der Waals surface area contributed by atoms with Gasteiger partial charge in [-0.3, -0.25) is 9.48 Å². The quantitative estimate of drug-likeness (QED) is 0.638. The van der Waals surface area contributed by atoms with Crippen molar-refractivity contribution >= 4 is 11.7 Å². The number of carbonyl (C=O) groups is 1. The maximum absolute atomic E-state index is 13.1. The second-order valence-corrected chi connectivity index (χ2v) is 7.05. The second kappa shape index (κ2) is 7.92. The van der Waals surface area contributed by atoms with E-state index in [4.69, 9.17) is 0 Å². The molecule has 3 N–H and O–H groups in total. The summed E-state index contributed by atoms with van der Waals surface area (Å²) in [7, 11) is 0. The molecule has 1 amide bonds. The Morgan fingerprint density at radius 1 is 1.14 bits per heavy atom. The highest BCUT2D eigenvalue weighted by Crippen LogP contribution is 2.23. The average molecular weight is 379 g/mol. The Morgan fingerprint density at radius 3 is 2.64 bits per heavy atom. The van der Waals surface area contributed by atoms with E-state index in [2.05, 4.69) is 52.5 Å². The molecule has 7 heteroatoms. The van der Waals surface area contributed by atoms with Crippen LogP contribution in [0.2, 0.25) is 0 Å². The van der Waals surface area contributed by atoms with Gasteiger partial charge in [0.25, 0.3) is 0 Å². The smallest absolute Gasteiger partial charge is 0.244 e. The Morgan fingerprint density at radius 2 is 1.89 bits per heavy atom. The normalized spacial score (nSPS) is 18.9. The lowest BCUT2D eigenvalue weighted by Crippen LogP contribution is -2.39. The van der Waals surface area contributed by atoms with Crippen molar-refractivity contribution in [2.75, 3.05) is 5.32 Å². The summed E-state index contributed by atoms with van der Waals surface area (Å²) in [5.74, 6) is 0.0899. The predicted octanol–water partition coefficient (Wildman–Crippen LogP) is 2.93. The summed E-state index contributed by atoms with van der Waals surface area (Å²) in [5, 5.41) is 7.27. The Labute approximate surface area is 162 Å². The number of hydrogen-bond acceptors (Lipinski definition) is 4. The van der Waals surface area contributed by atoms with Gasteiger partial charge in [0.1, 0.15) is 11.9 Å². The highest BCUT2D eigenvalue weighted by Gasteiger charge is 2.30. The molecule has 2 atom stereocenters. The fourth-order valence-corrected chi connectivity index (χ4v) is 3.25. The minimum atomic E-state index is -0.391. The summed E-state index contributed by atoms with van der Waals surface area (Å²) in [6.07, 6.45) is 2.42. The molecule has 3 aromatic rings. The number of anilines is 1. The zero-order valence-corrected chi connectivity index (χ0v) is 15.5. The average Bonchev–Trinajstić information content (AvgIpc) is 3.34. The summed E-state index contributed by atoms with van der Waals surface area (Å²) in [6, 6.07) is 15.9. The maximum Gasteiger partial charge on any atom is 0.244 e. The number of nitrogens with zero attached hydrogens (tertiary/aromatic N) is 2. The monoisotopic (exact) mass is 379 g/mol. The lowest BCUT2D eigenvalue weighted by molar-refractivity contribution is -0.117. The van der Waals surface area contributed by atoms with E-state index in [0.717, 1.165) is 11.1 Å². The van der Waals surface area contributed by atoms with Crippen molar-refractivity contribution in [1.29, 1.82) is 0 Å². The van der Waals surface area contributed by atoms with Gasteiger partial charge in [-0.25, -0.2) is 15.2 Å². The molecule has 0 bridgehead atoms. The summed E-state index contributed by atoms with van der Waals surface area (Å²) < 4.78 is 14.9. The Balaban J connectivity index is 1.33. The van der Waals surface area contributed by atoms with E-state index in [1.807, 2.05) is 6.20 Å². The number of rotatable bonds is 5. The molecule has 1 aromatic heterocycles. The SMILES string of the molecule is Cc1ccc(Cn2ccc(NC(=O)C3CC(c4ccc(F)cc4)NN3)n2)cc1. The van der Waals surface area contributed by atoms with Gasteiger partial charge < -0.3 is 5.32 Å². The van der Waals surface area contributed by atoms with E-state index < -0.39 is 6.04 Å². The third-order valence-corrected chi connectivity index (χ3v) is 4.85. The molecule has 1 aliphatic heterocycles. The van der Waals surface area contributed by atoms with Crippen LogP contribution in [0.15, 0.2) is 60.8 Å². The van der Waals surface area contributed by atoms with E-state index in [1.54, 1.807) is 22.9 Å². The van der Waals surface area contributed by atoms with Gasteiger partial charge in [-0.05, 0) is 36.6 Å². The van der Waals surface area contributed by atoms with E-state index >= 15 is 0 Å². The number of halogens is 1. The molecule has 6 nitrogen and oxygen atoms in total. The lowest BCUT2D eigenvalue weighted by Gasteiger charge is -2.09. The Bertz CT molecular complexity index is 952. The van der Waals surface area contributed by atoms with Gasteiger partial charge in [0.05, 0.1) is 6.54 Å². The van der Waals surface area contributed by atoms with Crippen molar-refractivity contribution in [2.24, 2.45) is 0 Å². The summed E-state index contributed by atoms with van der Waals surface area (Å²) >= 11 is 0. The molecule has 1 saturated heterocycles. The van der Waals surface area contributed by atoms with E-state index in [-0.39, 0.29) is 17.8 Å². The molecule has 0 aliphatic carbocycles. The van der Waals surface area contributed by atoms with Gasteiger partial charge in [-0.1, -0.05) is 42.0 Å². The zero-order chi connectivity index (χ0) is 19.5. The van der Waals surface area contributed by atoms with Crippen LogP contribution in [0.5, 0.6) is 0 Å². The molecule has 1 fully saturated rings. The third kappa shape index (κ3) is 4.27. The molecule has 28 heavy (non-hydrogen) atoms. The van der Waals surface area contributed by atoms with Crippen molar-refractivity contribution in [1.82, 2.24) is 20.6 Å². The lowest BCUT2D eigenvalue weighted by atomic mass is 10.0.